The largest absolute Gasteiger partial charge is 0.0876 e. The molecule has 0 saturated carbocycles. The molecule has 1 heteroatoms. The van der Waals surface area contributed by atoms with Crippen molar-refractivity contribution in [1.82, 2.24) is 0 Å². The zero-order valence-electron chi connectivity index (χ0n) is 9.80. The van der Waals surface area contributed by atoms with E-state index in [0.717, 1.165) is 11.2 Å². The molecule has 0 atom stereocenters. The predicted octanol–water partition coefficient (Wildman–Crippen LogP) is 5.27. The normalized spacial score (nSPS) is 10.9. The Labute approximate surface area is 102 Å². The van der Waals surface area contributed by atoms with Gasteiger partial charge in [0.1, 0.15) is 0 Å². The molecule has 0 N–H and O–H groups in total. The number of hydrogen-bond acceptors (Lipinski definition) is 0. The lowest BCUT2D eigenvalue weighted by molar-refractivity contribution is 0.561. The first-order valence-corrected chi connectivity index (χ1v) is 7.08. The third-order valence-corrected chi connectivity index (χ3v) is 3.53. The molecule has 0 aliphatic carbocycles. The first-order valence-electron chi connectivity index (χ1n) is 5.96. The van der Waals surface area contributed by atoms with Crippen molar-refractivity contribution in [2.24, 2.45) is 0 Å². The second-order valence-electron chi connectivity index (χ2n) is 4.15. The molecule has 0 fully saturated rings. The van der Waals surface area contributed by atoms with E-state index in [1.165, 1.54) is 36.8 Å². The summed E-state index contributed by atoms with van der Waals surface area (Å²) in [6, 6.07) is 9.07. The van der Waals surface area contributed by atoms with Gasteiger partial charge in [-0.1, -0.05) is 66.9 Å². The monoisotopic (exact) mass is 268 g/mol. The Kier molecular flexibility index (Phi) is 6.00. The van der Waals surface area contributed by atoms with Gasteiger partial charge in [-0.25, -0.2) is 0 Å². The highest BCUT2D eigenvalue weighted by atomic mass is 79.9. The fourth-order valence-corrected chi connectivity index (χ4v) is 2.43. The second kappa shape index (κ2) is 7.05. The Morgan fingerprint density at radius 1 is 1.00 bits per heavy atom. The SMILES string of the molecule is CCCC(CCC)c1ccc(CBr)cc1. The maximum atomic E-state index is 3.48. The van der Waals surface area contributed by atoms with Gasteiger partial charge >= 0.3 is 0 Å². The van der Waals surface area contributed by atoms with Gasteiger partial charge in [0.2, 0.25) is 0 Å². The first kappa shape index (κ1) is 12.8. The van der Waals surface area contributed by atoms with Gasteiger partial charge in [-0.2, -0.15) is 0 Å². The highest BCUT2D eigenvalue weighted by Crippen LogP contribution is 2.26. The lowest BCUT2D eigenvalue weighted by Crippen LogP contribution is -1.98. The third kappa shape index (κ3) is 3.98. The minimum Gasteiger partial charge on any atom is -0.0876 e. The maximum Gasteiger partial charge on any atom is 0.0283 e. The van der Waals surface area contributed by atoms with Crippen molar-refractivity contribution in [3.8, 4) is 0 Å². The van der Waals surface area contributed by atoms with Crippen LogP contribution >= 0.6 is 15.9 Å². The Morgan fingerprint density at radius 3 is 1.93 bits per heavy atom. The fraction of sp³-hybridized carbons (Fsp3) is 0.571. The highest BCUT2D eigenvalue weighted by Gasteiger charge is 2.08. The van der Waals surface area contributed by atoms with Crippen LogP contribution in [0.3, 0.4) is 0 Å². The summed E-state index contributed by atoms with van der Waals surface area (Å²) in [6.07, 6.45) is 5.21. The van der Waals surface area contributed by atoms with Gasteiger partial charge in [0.05, 0.1) is 0 Å². The maximum absolute atomic E-state index is 3.48. The molecule has 0 radical (unpaired) electrons. The summed E-state index contributed by atoms with van der Waals surface area (Å²) in [7, 11) is 0. The molecule has 0 aliphatic rings. The molecule has 0 nitrogen and oxygen atoms in total. The Hall–Kier alpha value is -0.300. The summed E-state index contributed by atoms with van der Waals surface area (Å²) < 4.78 is 0. The zero-order valence-corrected chi connectivity index (χ0v) is 11.4. The second-order valence-corrected chi connectivity index (χ2v) is 4.71. The summed E-state index contributed by atoms with van der Waals surface area (Å²) >= 11 is 3.48. The molecule has 1 rings (SSSR count). The van der Waals surface area contributed by atoms with Crippen LogP contribution in [0, 0.1) is 0 Å². The fourth-order valence-electron chi connectivity index (χ4n) is 2.05. The summed E-state index contributed by atoms with van der Waals surface area (Å²) in [6.45, 7) is 4.55. The lowest BCUT2D eigenvalue weighted by atomic mass is 9.90. The molecule has 84 valence electrons. The molecule has 0 spiro atoms. The lowest BCUT2D eigenvalue weighted by Gasteiger charge is -2.15. The van der Waals surface area contributed by atoms with E-state index in [-0.39, 0.29) is 0 Å². The minimum atomic E-state index is 0.768. The van der Waals surface area contributed by atoms with E-state index >= 15 is 0 Å². The van der Waals surface area contributed by atoms with Gasteiger partial charge in [0.15, 0.2) is 0 Å². The summed E-state index contributed by atoms with van der Waals surface area (Å²) in [5.74, 6) is 0.768. The van der Waals surface area contributed by atoms with Crippen LogP contribution in [0.25, 0.3) is 0 Å². The van der Waals surface area contributed by atoms with Crippen LogP contribution < -0.4 is 0 Å². The van der Waals surface area contributed by atoms with Crippen molar-refractivity contribution in [3.05, 3.63) is 35.4 Å². The van der Waals surface area contributed by atoms with Crippen LogP contribution in [-0.4, -0.2) is 0 Å². The highest BCUT2D eigenvalue weighted by molar-refractivity contribution is 9.08. The molecule has 15 heavy (non-hydrogen) atoms. The molecule has 0 aromatic heterocycles. The average Bonchev–Trinajstić information content (AvgIpc) is 2.29. The molecule has 1 aromatic rings. The standard InChI is InChI=1S/C14H21Br/c1-3-5-13(6-4-2)14-9-7-12(11-15)8-10-14/h7-10,13H,3-6,11H2,1-2H3. The van der Waals surface area contributed by atoms with Crippen molar-refractivity contribution < 1.29 is 0 Å². The quantitative estimate of drug-likeness (QED) is 0.617. The van der Waals surface area contributed by atoms with Crippen molar-refractivity contribution in [1.29, 1.82) is 0 Å². The summed E-state index contributed by atoms with van der Waals surface area (Å²) in [5, 5.41) is 0.958. The van der Waals surface area contributed by atoms with E-state index in [2.05, 4.69) is 54.0 Å². The summed E-state index contributed by atoms with van der Waals surface area (Å²) in [5.41, 5.74) is 2.88. The molecular formula is C14H21Br. The number of hydrogen-bond donors (Lipinski definition) is 0. The minimum absolute atomic E-state index is 0.768. The Balaban J connectivity index is 2.72. The van der Waals surface area contributed by atoms with Crippen LogP contribution in [-0.2, 0) is 5.33 Å². The van der Waals surface area contributed by atoms with Gasteiger partial charge in [-0.15, -0.1) is 0 Å². The third-order valence-electron chi connectivity index (χ3n) is 2.88. The van der Waals surface area contributed by atoms with Crippen molar-refractivity contribution in [2.75, 3.05) is 0 Å². The molecule has 0 saturated heterocycles. The predicted molar refractivity (Wildman–Crippen MR) is 71.6 cm³/mol. The molecule has 0 unspecified atom stereocenters. The van der Waals surface area contributed by atoms with Gasteiger partial charge in [-0.05, 0) is 29.9 Å². The Morgan fingerprint density at radius 2 is 1.53 bits per heavy atom. The van der Waals surface area contributed by atoms with E-state index in [1.54, 1.807) is 0 Å². The molecule has 0 aliphatic heterocycles. The van der Waals surface area contributed by atoms with Crippen LogP contribution in [0.4, 0.5) is 0 Å². The van der Waals surface area contributed by atoms with E-state index in [0.29, 0.717) is 0 Å². The Bertz CT molecular complexity index is 257. The summed E-state index contributed by atoms with van der Waals surface area (Å²) in [4.78, 5) is 0. The average molecular weight is 269 g/mol. The van der Waals surface area contributed by atoms with E-state index < -0.39 is 0 Å². The molecule has 0 bridgehead atoms. The van der Waals surface area contributed by atoms with Crippen molar-refractivity contribution >= 4 is 15.9 Å². The molecule has 1 aromatic carbocycles. The number of alkyl halides is 1. The van der Waals surface area contributed by atoms with E-state index in [9.17, 15) is 0 Å². The van der Waals surface area contributed by atoms with Crippen molar-refractivity contribution in [3.63, 3.8) is 0 Å². The number of rotatable bonds is 6. The van der Waals surface area contributed by atoms with Crippen molar-refractivity contribution in [2.45, 2.75) is 50.8 Å². The number of benzene rings is 1. The molecule has 0 heterocycles. The van der Waals surface area contributed by atoms with Gasteiger partial charge < -0.3 is 0 Å². The van der Waals surface area contributed by atoms with Crippen LogP contribution in [0.1, 0.15) is 56.6 Å². The number of halogens is 1. The molecule has 0 amide bonds. The van der Waals surface area contributed by atoms with Gasteiger partial charge in [0, 0.05) is 5.33 Å². The smallest absolute Gasteiger partial charge is 0.0283 e. The molecular weight excluding hydrogens is 248 g/mol. The van der Waals surface area contributed by atoms with Crippen LogP contribution in [0.5, 0.6) is 0 Å². The van der Waals surface area contributed by atoms with Crippen LogP contribution in [0.2, 0.25) is 0 Å². The van der Waals surface area contributed by atoms with E-state index in [4.69, 9.17) is 0 Å². The van der Waals surface area contributed by atoms with Crippen LogP contribution in [0.15, 0.2) is 24.3 Å². The van der Waals surface area contributed by atoms with E-state index in [1.807, 2.05) is 0 Å². The van der Waals surface area contributed by atoms with Gasteiger partial charge in [-0.3, -0.25) is 0 Å². The zero-order chi connectivity index (χ0) is 11.1. The van der Waals surface area contributed by atoms with Gasteiger partial charge in [0.25, 0.3) is 0 Å². The topological polar surface area (TPSA) is 0 Å². The first-order chi connectivity index (χ1) is 7.31.